The first kappa shape index (κ1) is 17.1. The highest BCUT2D eigenvalue weighted by Crippen LogP contribution is 2.35. The van der Waals surface area contributed by atoms with Crippen LogP contribution < -0.4 is 10.6 Å². The topological polar surface area (TPSA) is 78.5 Å². The van der Waals surface area contributed by atoms with E-state index in [0.29, 0.717) is 18.5 Å². The lowest BCUT2D eigenvalue weighted by atomic mass is 9.92. The summed E-state index contributed by atoms with van der Waals surface area (Å²) in [6.45, 7) is 2.27. The van der Waals surface area contributed by atoms with Gasteiger partial charge >= 0.3 is 0 Å². The van der Waals surface area contributed by atoms with Gasteiger partial charge in [-0.25, -0.2) is 0 Å². The molecule has 1 fully saturated rings. The number of nitrogens with one attached hydrogen (secondary N) is 2. The summed E-state index contributed by atoms with van der Waals surface area (Å²) >= 11 is 0. The molecule has 3 amide bonds. The number of hydrogen-bond donors (Lipinski definition) is 2. The molecular formula is C22H21N3O3. The Kier molecular flexibility index (Phi) is 4.02. The summed E-state index contributed by atoms with van der Waals surface area (Å²) < 4.78 is 0. The fraction of sp³-hybridized carbons (Fsp3) is 0.318. The molecule has 0 radical (unpaired) electrons. The summed E-state index contributed by atoms with van der Waals surface area (Å²) in [5, 5.41) is 5.74. The van der Waals surface area contributed by atoms with Gasteiger partial charge in [0.15, 0.2) is 0 Å². The van der Waals surface area contributed by atoms with E-state index in [9.17, 15) is 14.4 Å². The Morgan fingerprint density at radius 3 is 2.68 bits per heavy atom. The molecule has 1 atom stereocenters. The van der Waals surface area contributed by atoms with Crippen LogP contribution in [0.1, 0.15) is 39.9 Å². The predicted octanol–water partition coefficient (Wildman–Crippen LogP) is 1.76. The highest BCUT2D eigenvalue weighted by atomic mass is 16.2. The molecule has 1 unspecified atom stereocenters. The quantitative estimate of drug-likeness (QED) is 0.784. The molecule has 3 aliphatic heterocycles. The number of benzene rings is 2. The van der Waals surface area contributed by atoms with Crippen molar-refractivity contribution < 1.29 is 14.4 Å². The van der Waals surface area contributed by atoms with Crippen LogP contribution in [0.4, 0.5) is 0 Å². The third-order valence-electron chi connectivity index (χ3n) is 5.99. The van der Waals surface area contributed by atoms with E-state index >= 15 is 0 Å². The third-order valence-corrected chi connectivity index (χ3v) is 5.99. The predicted molar refractivity (Wildman–Crippen MR) is 103 cm³/mol. The van der Waals surface area contributed by atoms with Gasteiger partial charge in [-0.05, 0) is 53.3 Å². The molecule has 0 spiro atoms. The Labute approximate surface area is 162 Å². The molecule has 2 aromatic rings. The number of hydrogen-bond acceptors (Lipinski definition) is 4. The van der Waals surface area contributed by atoms with E-state index in [1.165, 1.54) is 11.1 Å². The van der Waals surface area contributed by atoms with E-state index < -0.39 is 6.04 Å². The molecule has 0 aliphatic carbocycles. The van der Waals surface area contributed by atoms with E-state index in [-0.39, 0.29) is 24.1 Å². The number of amides is 3. The molecule has 1 saturated heterocycles. The van der Waals surface area contributed by atoms with Crippen LogP contribution in [0.15, 0.2) is 36.4 Å². The van der Waals surface area contributed by atoms with Gasteiger partial charge in [-0.1, -0.05) is 30.3 Å². The molecule has 6 heteroatoms. The average molecular weight is 375 g/mol. The summed E-state index contributed by atoms with van der Waals surface area (Å²) in [5.41, 5.74) is 6.44. The highest BCUT2D eigenvalue weighted by Gasteiger charge is 2.39. The van der Waals surface area contributed by atoms with Crippen molar-refractivity contribution in [3.63, 3.8) is 0 Å². The van der Waals surface area contributed by atoms with Gasteiger partial charge in [0.25, 0.3) is 5.91 Å². The zero-order valence-corrected chi connectivity index (χ0v) is 15.5. The van der Waals surface area contributed by atoms with Crippen LogP contribution in [0.25, 0.3) is 11.1 Å². The van der Waals surface area contributed by atoms with Crippen molar-refractivity contribution >= 4 is 17.7 Å². The van der Waals surface area contributed by atoms with Crippen LogP contribution in [0, 0.1) is 0 Å². The van der Waals surface area contributed by atoms with Crippen LogP contribution in [0.3, 0.4) is 0 Å². The lowest BCUT2D eigenvalue weighted by molar-refractivity contribution is -0.136. The van der Waals surface area contributed by atoms with Crippen molar-refractivity contribution in [2.75, 3.05) is 6.54 Å². The Balaban J connectivity index is 1.50. The molecule has 3 heterocycles. The minimum atomic E-state index is -0.583. The zero-order chi connectivity index (χ0) is 19.3. The van der Waals surface area contributed by atoms with E-state index in [1.54, 1.807) is 4.90 Å². The largest absolute Gasteiger partial charge is 0.322 e. The van der Waals surface area contributed by atoms with Crippen LogP contribution >= 0.6 is 0 Å². The summed E-state index contributed by atoms with van der Waals surface area (Å²) in [7, 11) is 0. The molecule has 0 aromatic heterocycles. The Morgan fingerprint density at radius 1 is 0.964 bits per heavy atom. The van der Waals surface area contributed by atoms with Crippen LogP contribution in [-0.2, 0) is 29.1 Å². The molecule has 6 nitrogen and oxygen atoms in total. The number of piperidine rings is 1. The molecular weight excluding hydrogens is 354 g/mol. The maximum absolute atomic E-state index is 13.0. The standard InChI is InChI=1S/C22H21N3O3/c26-20-7-6-19(21(27)24-20)25-12-18-16(2-1-3-17(18)22(25)28)14-4-5-15-11-23-9-8-13(15)10-14/h1-5,10,19,23H,6-9,11-12H2,(H,24,26,27). The molecule has 0 bridgehead atoms. The first-order valence-electron chi connectivity index (χ1n) is 9.71. The summed E-state index contributed by atoms with van der Waals surface area (Å²) in [5.74, 6) is -0.775. The molecule has 28 heavy (non-hydrogen) atoms. The lowest BCUT2D eigenvalue weighted by Crippen LogP contribution is -2.52. The van der Waals surface area contributed by atoms with Crippen molar-refractivity contribution in [3.05, 3.63) is 58.7 Å². The SMILES string of the molecule is O=C1CCC(N2Cc3c(cccc3-c3ccc4c(c3)CCNC4)C2=O)C(=O)N1. The molecule has 2 aromatic carbocycles. The zero-order valence-electron chi connectivity index (χ0n) is 15.5. The number of nitrogens with zero attached hydrogens (tertiary/aromatic N) is 1. The minimum absolute atomic E-state index is 0.131. The second-order valence-corrected chi connectivity index (χ2v) is 7.64. The lowest BCUT2D eigenvalue weighted by Gasteiger charge is -2.29. The van der Waals surface area contributed by atoms with Crippen molar-refractivity contribution in [2.45, 2.75) is 38.4 Å². The normalized spacial score (nSPS) is 21.4. The number of rotatable bonds is 2. The van der Waals surface area contributed by atoms with Gasteiger partial charge in [0, 0.05) is 25.1 Å². The maximum atomic E-state index is 13.0. The molecule has 142 valence electrons. The van der Waals surface area contributed by atoms with Gasteiger partial charge in [0.05, 0.1) is 0 Å². The van der Waals surface area contributed by atoms with Gasteiger partial charge in [-0.3, -0.25) is 19.7 Å². The second kappa shape index (κ2) is 6.56. The maximum Gasteiger partial charge on any atom is 0.255 e. The molecule has 2 N–H and O–H groups in total. The van der Waals surface area contributed by atoms with E-state index in [4.69, 9.17) is 0 Å². The monoisotopic (exact) mass is 375 g/mol. The van der Waals surface area contributed by atoms with Crippen LogP contribution in [0.5, 0.6) is 0 Å². The van der Waals surface area contributed by atoms with Crippen LogP contribution in [0.2, 0.25) is 0 Å². The molecule has 5 rings (SSSR count). The first-order chi connectivity index (χ1) is 13.6. The number of carbonyl (C=O) groups is 3. The van der Waals surface area contributed by atoms with Gasteiger partial charge in [-0.2, -0.15) is 0 Å². The summed E-state index contributed by atoms with van der Waals surface area (Å²) in [4.78, 5) is 38.3. The van der Waals surface area contributed by atoms with Crippen LogP contribution in [-0.4, -0.2) is 35.2 Å². The fourth-order valence-electron chi connectivity index (χ4n) is 4.50. The third kappa shape index (κ3) is 2.72. The second-order valence-electron chi connectivity index (χ2n) is 7.64. The first-order valence-corrected chi connectivity index (χ1v) is 9.71. The van der Waals surface area contributed by atoms with Crippen molar-refractivity contribution in [1.29, 1.82) is 0 Å². The molecule has 3 aliphatic rings. The van der Waals surface area contributed by atoms with Gasteiger partial charge in [-0.15, -0.1) is 0 Å². The van der Waals surface area contributed by atoms with E-state index in [1.807, 2.05) is 18.2 Å². The van der Waals surface area contributed by atoms with Crippen molar-refractivity contribution in [1.82, 2.24) is 15.5 Å². The Bertz CT molecular complexity index is 1010. The summed E-state index contributed by atoms with van der Waals surface area (Å²) in [6.07, 6.45) is 1.65. The smallest absolute Gasteiger partial charge is 0.255 e. The highest BCUT2D eigenvalue weighted by molar-refractivity contribution is 6.06. The average Bonchev–Trinajstić information content (AvgIpc) is 3.04. The van der Waals surface area contributed by atoms with Gasteiger partial charge < -0.3 is 10.2 Å². The van der Waals surface area contributed by atoms with Gasteiger partial charge in [0.2, 0.25) is 11.8 Å². The van der Waals surface area contributed by atoms with Gasteiger partial charge in [0.1, 0.15) is 6.04 Å². The number of carbonyl (C=O) groups excluding carboxylic acids is 3. The fourth-order valence-corrected chi connectivity index (χ4v) is 4.50. The molecule has 0 saturated carbocycles. The number of fused-ring (bicyclic) bond motifs is 2. The van der Waals surface area contributed by atoms with E-state index in [2.05, 4.69) is 28.8 Å². The minimum Gasteiger partial charge on any atom is -0.322 e. The van der Waals surface area contributed by atoms with Crippen molar-refractivity contribution in [2.24, 2.45) is 0 Å². The Morgan fingerprint density at radius 2 is 1.82 bits per heavy atom. The Hall–Kier alpha value is -2.99. The summed E-state index contributed by atoms with van der Waals surface area (Å²) in [6, 6.07) is 11.7. The number of imide groups is 1. The van der Waals surface area contributed by atoms with E-state index in [0.717, 1.165) is 36.2 Å². The van der Waals surface area contributed by atoms with Crippen molar-refractivity contribution in [3.8, 4) is 11.1 Å².